The smallest absolute Gasteiger partial charge is 0.165 e. The van der Waals surface area contributed by atoms with E-state index in [0.29, 0.717) is 0 Å². The normalized spacial score (nSPS) is 12.7. The highest BCUT2D eigenvalue weighted by atomic mass is 15.2. The number of aromatic nitrogens is 6. The van der Waals surface area contributed by atoms with Crippen LogP contribution in [0.15, 0.2) is 24.9 Å². The zero-order valence-corrected chi connectivity index (χ0v) is 10.8. The fourth-order valence-electron chi connectivity index (χ4n) is 2.01. The second kappa shape index (κ2) is 4.68. The third kappa shape index (κ3) is 2.03. The Balaban J connectivity index is 1.95. The van der Waals surface area contributed by atoms with Gasteiger partial charge in [0.1, 0.15) is 11.8 Å². The lowest BCUT2D eigenvalue weighted by atomic mass is 10.2. The largest absolute Gasteiger partial charge is 0.360 e. The fraction of sp³-hybridized carbons (Fsp3) is 0.333. The second-order valence-corrected chi connectivity index (χ2v) is 4.30. The molecule has 98 valence electrons. The molecule has 0 aliphatic heterocycles. The van der Waals surface area contributed by atoms with Crippen molar-refractivity contribution in [3.63, 3.8) is 0 Å². The topological polar surface area (TPSA) is 84.3 Å². The van der Waals surface area contributed by atoms with E-state index < -0.39 is 0 Å². The first-order chi connectivity index (χ1) is 9.29. The first-order valence-corrected chi connectivity index (χ1v) is 6.21. The quantitative estimate of drug-likeness (QED) is 0.743. The van der Waals surface area contributed by atoms with Crippen LogP contribution in [-0.4, -0.2) is 29.7 Å². The van der Waals surface area contributed by atoms with Gasteiger partial charge in [0.25, 0.3) is 0 Å². The van der Waals surface area contributed by atoms with Crippen LogP contribution in [0.4, 0.5) is 5.82 Å². The predicted molar refractivity (Wildman–Crippen MR) is 71.6 cm³/mol. The Hall–Kier alpha value is -2.44. The Morgan fingerprint density at radius 1 is 1.37 bits per heavy atom. The van der Waals surface area contributed by atoms with Crippen LogP contribution in [0.25, 0.3) is 11.2 Å². The van der Waals surface area contributed by atoms with Crippen molar-refractivity contribution in [3.05, 3.63) is 30.6 Å². The number of anilines is 1. The number of hydrogen-bond donors (Lipinski definition) is 2. The zero-order chi connectivity index (χ0) is 13.2. The van der Waals surface area contributed by atoms with E-state index >= 15 is 0 Å². The highest BCUT2D eigenvalue weighted by Gasteiger charge is 2.13. The van der Waals surface area contributed by atoms with Crippen LogP contribution in [0.2, 0.25) is 0 Å². The maximum Gasteiger partial charge on any atom is 0.165 e. The number of fused-ring (bicyclic) bond motifs is 1. The molecule has 1 unspecified atom stereocenters. The van der Waals surface area contributed by atoms with Gasteiger partial charge >= 0.3 is 0 Å². The Bertz CT molecular complexity index is 671. The molecule has 0 radical (unpaired) electrons. The van der Waals surface area contributed by atoms with Crippen molar-refractivity contribution in [3.8, 4) is 0 Å². The number of imidazole rings is 1. The Labute approximate surface area is 110 Å². The Kier molecular flexibility index (Phi) is 2.86. The molecule has 0 saturated carbocycles. The number of nitrogens with zero attached hydrogens (tertiary/aromatic N) is 5. The number of aryl methyl sites for hydroxylation is 1. The van der Waals surface area contributed by atoms with Crippen LogP contribution in [0, 0.1) is 0 Å². The molecule has 7 nitrogen and oxygen atoms in total. The molecule has 2 N–H and O–H groups in total. The van der Waals surface area contributed by atoms with Crippen molar-refractivity contribution in [1.82, 2.24) is 29.7 Å². The van der Waals surface area contributed by atoms with Gasteiger partial charge in [-0.2, -0.15) is 5.10 Å². The van der Waals surface area contributed by atoms with Crippen LogP contribution in [0.5, 0.6) is 0 Å². The summed E-state index contributed by atoms with van der Waals surface area (Å²) in [5.41, 5.74) is 2.63. The molecular formula is C12H15N7. The van der Waals surface area contributed by atoms with Crippen molar-refractivity contribution >= 4 is 17.0 Å². The maximum atomic E-state index is 4.37. The van der Waals surface area contributed by atoms with Gasteiger partial charge in [0, 0.05) is 12.7 Å². The van der Waals surface area contributed by atoms with Crippen LogP contribution < -0.4 is 5.32 Å². The summed E-state index contributed by atoms with van der Waals surface area (Å²) in [4.78, 5) is 12.9. The third-order valence-corrected chi connectivity index (χ3v) is 3.08. The standard InChI is InChI=1S/C12H15N7/c1-3-19-7-15-10-11(13-6-14-12(10)19)17-8(2)9-4-5-16-18-9/h4-8H,3H2,1-2H3,(H,16,18)(H,13,14,17). The number of H-pyrrole nitrogens is 1. The second-order valence-electron chi connectivity index (χ2n) is 4.30. The summed E-state index contributed by atoms with van der Waals surface area (Å²) in [6.45, 7) is 4.94. The molecule has 0 aliphatic rings. The lowest BCUT2D eigenvalue weighted by Crippen LogP contribution is -2.09. The fourth-order valence-corrected chi connectivity index (χ4v) is 2.01. The average Bonchev–Trinajstić information content (AvgIpc) is 3.08. The van der Waals surface area contributed by atoms with Crippen molar-refractivity contribution in [2.75, 3.05) is 5.32 Å². The van der Waals surface area contributed by atoms with Gasteiger partial charge in [0.05, 0.1) is 18.1 Å². The molecule has 0 saturated heterocycles. The van der Waals surface area contributed by atoms with Crippen molar-refractivity contribution < 1.29 is 0 Å². The molecule has 0 aromatic carbocycles. The minimum Gasteiger partial charge on any atom is -0.360 e. The van der Waals surface area contributed by atoms with E-state index in [2.05, 4.69) is 37.4 Å². The molecule has 0 amide bonds. The van der Waals surface area contributed by atoms with Crippen LogP contribution in [0.3, 0.4) is 0 Å². The average molecular weight is 257 g/mol. The molecule has 19 heavy (non-hydrogen) atoms. The van der Waals surface area contributed by atoms with E-state index in [1.54, 1.807) is 18.9 Å². The summed E-state index contributed by atoms with van der Waals surface area (Å²) >= 11 is 0. The molecule has 0 aliphatic carbocycles. The van der Waals surface area contributed by atoms with Crippen LogP contribution >= 0.6 is 0 Å². The molecule has 3 aromatic heterocycles. The predicted octanol–water partition coefficient (Wildman–Crippen LogP) is 1.74. The van der Waals surface area contributed by atoms with Gasteiger partial charge in [-0.1, -0.05) is 0 Å². The van der Waals surface area contributed by atoms with Gasteiger partial charge in [-0.25, -0.2) is 15.0 Å². The van der Waals surface area contributed by atoms with Crippen molar-refractivity contribution in [1.29, 1.82) is 0 Å². The van der Waals surface area contributed by atoms with Crippen LogP contribution in [-0.2, 0) is 6.54 Å². The van der Waals surface area contributed by atoms with Gasteiger partial charge in [-0.15, -0.1) is 0 Å². The van der Waals surface area contributed by atoms with Gasteiger partial charge in [-0.3, -0.25) is 5.10 Å². The highest BCUT2D eigenvalue weighted by molar-refractivity contribution is 5.82. The molecule has 3 heterocycles. The molecule has 7 heteroatoms. The summed E-state index contributed by atoms with van der Waals surface area (Å²) in [5.74, 6) is 0.735. The van der Waals surface area contributed by atoms with Gasteiger partial charge < -0.3 is 9.88 Å². The maximum absolute atomic E-state index is 4.37. The minimum atomic E-state index is 0.0763. The number of rotatable bonds is 4. The number of nitrogens with one attached hydrogen (secondary N) is 2. The molecule has 1 atom stereocenters. The van der Waals surface area contributed by atoms with E-state index in [4.69, 9.17) is 0 Å². The van der Waals surface area contributed by atoms with Crippen molar-refractivity contribution in [2.24, 2.45) is 0 Å². The molecule has 0 fully saturated rings. The SMILES string of the molecule is CCn1cnc2c(NC(C)c3ccn[nH]3)ncnc21. The highest BCUT2D eigenvalue weighted by Crippen LogP contribution is 2.21. The Morgan fingerprint density at radius 3 is 3.00 bits per heavy atom. The summed E-state index contributed by atoms with van der Waals surface area (Å²) < 4.78 is 1.99. The van der Waals surface area contributed by atoms with Gasteiger partial charge in [0.15, 0.2) is 11.5 Å². The minimum absolute atomic E-state index is 0.0763. The van der Waals surface area contributed by atoms with Gasteiger partial charge in [-0.05, 0) is 19.9 Å². The first-order valence-electron chi connectivity index (χ1n) is 6.21. The monoisotopic (exact) mass is 257 g/mol. The summed E-state index contributed by atoms with van der Waals surface area (Å²) in [5, 5.41) is 10.2. The molecule has 0 bridgehead atoms. The molecular weight excluding hydrogens is 242 g/mol. The van der Waals surface area contributed by atoms with E-state index in [1.807, 2.05) is 17.6 Å². The first kappa shape index (κ1) is 11.6. The summed E-state index contributed by atoms with van der Waals surface area (Å²) in [7, 11) is 0. The third-order valence-electron chi connectivity index (χ3n) is 3.08. The Morgan fingerprint density at radius 2 is 2.26 bits per heavy atom. The van der Waals surface area contributed by atoms with Crippen molar-refractivity contribution in [2.45, 2.75) is 26.4 Å². The van der Waals surface area contributed by atoms with E-state index in [-0.39, 0.29) is 6.04 Å². The summed E-state index contributed by atoms with van der Waals surface area (Å²) in [6, 6.07) is 2.01. The lowest BCUT2D eigenvalue weighted by molar-refractivity contribution is 0.777. The zero-order valence-electron chi connectivity index (χ0n) is 10.8. The van der Waals surface area contributed by atoms with E-state index in [0.717, 1.165) is 29.2 Å². The van der Waals surface area contributed by atoms with Crippen LogP contribution in [0.1, 0.15) is 25.6 Å². The molecule has 0 spiro atoms. The number of aromatic amines is 1. The van der Waals surface area contributed by atoms with E-state index in [1.165, 1.54) is 0 Å². The molecule has 3 rings (SSSR count). The van der Waals surface area contributed by atoms with Gasteiger partial charge in [0.2, 0.25) is 0 Å². The lowest BCUT2D eigenvalue weighted by Gasteiger charge is -2.12. The molecule has 3 aromatic rings. The number of hydrogen-bond acceptors (Lipinski definition) is 5. The van der Waals surface area contributed by atoms with E-state index in [9.17, 15) is 0 Å². The summed E-state index contributed by atoms with van der Waals surface area (Å²) in [6.07, 6.45) is 5.07.